The quantitative estimate of drug-likeness (QED) is 0.449. The second-order valence-electron chi connectivity index (χ2n) is 10.3. The molecule has 1 saturated carbocycles. The van der Waals surface area contributed by atoms with Crippen LogP contribution < -0.4 is 5.32 Å². The van der Waals surface area contributed by atoms with Gasteiger partial charge in [-0.05, 0) is 67.9 Å². The summed E-state index contributed by atoms with van der Waals surface area (Å²) in [6, 6.07) is 0. The van der Waals surface area contributed by atoms with Crippen LogP contribution in [-0.4, -0.2) is 23.8 Å². The van der Waals surface area contributed by atoms with E-state index in [1.807, 2.05) is 6.08 Å². The summed E-state index contributed by atoms with van der Waals surface area (Å²) >= 11 is 0. The van der Waals surface area contributed by atoms with Crippen LogP contribution in [0.3, 0.4) is 0 Å². The molecule has 0 radical (unpaired) electrons. The number of aliphatic imine (C=N–C) groups is 1. The zero-order valence-electron chi connectivity index (χ0n) is 19.3. The Labute approximate surface area is 197 Å². The van der Waals surface area contributed by atoms with Gasteiger partial charge in [-0.2, -0.15) is 0 Å². The minimum atomic E-state index is -0.117. The Hall–Kier alpha value is -2.46. The van der Waals surface area contributed by atoms with Crippen LogP contribution in [0.5, 0.6) is 0 Å². The average Bonchev–Trinajstić information content (AvgIpc) is 3.36. The van der Waals surface area contributed by atoms with Crippen LogP contribution in [-0.2, 0) is 9.53 Å². The first-order valence-corrected chi connectivity index (χ1v) is 12.9. The van der Waals surface area contributed by atoms with Crippen molar-refractivity contribution in [3.63, 3.8) is 0 Å². The van der Waals surface area contributed by atoms with Crippen LogP contribution in [0.25, 0.3) is 0 Å². The van der Waals surface area contributed by atoms with Crippen LogP contribution in [0.1, 0.15) is 57.8 Å². The van der Waals surface area contributed by atoms with Gasteiger partial charge in [-0.3, -0.25) is 4.79 Å². The maximum atomic E-state index is 12.7. The van der Waals surface area contributed by atoms with Gasteiger partial charge in [-0.15, -0.1) is 0 Å². The number of nitrogens with one attached hydrogen (secondary N) is 1. The highest BCUT2D eigenvalue weighted by Gasteiger charge is 2.40. The molecule has 0 aromatic rings. The lowest BCUT2D eigenvalue weighted by Gasteiger charge is -2.43. The normalized spacial score (nSPS) is 37.9. The lowest BCUT2D eigenvalue weighted by Crippen LogP contribution is -2.43. The van der Waals surface area contributed by atoms with E-state index >= 15 is 0 Å². The van der Waals surface area contributed by atoms with E-state index in [1.165, 1.54) is 24.8 Å². The molecule has 1 aliphatic heterocycles. The van der Waals surface area contributed by atoms with Gasteiger partial charge in [0.05, 0.1) is 11.8 Å². The molecule has 1 heterocycles. The molecule has 6 rings (SSSR count). The van der Waals surface area contributed by atoms with Crippen LogP contribution in [0.4, 0.5) is 0 Å². The molecule has 0 amide bonds. The van der Waals surface area contributed by atoms with Gasteiger partial charge in [0.2, 0.25) is 0 Å². The predicted molar refractivity (Wildman–Crippen MR) is 131 cm³/mol. The fourth-order valence-electron chi connectivity index (χ4n) is 6.56. The molecule has 5 aliphatic carbocycles. The summed E-state index contributed by atoms with van der Waals surface area (Å²) in [5, 5.41) is 3.52. The van der Waals surface area contributed by atoms with Crippen molar-refractivity contribution in [2.75, 3.05) is 0 Å². The van der Waals surface area contributed by atoms with Crippen molar-refractivity contribution in [2.45, 2.75) is 70.1 Å². The molecule has 1 N–H and O–H groups in total. The molecule has 33 heavy (non-hydrogen) atoms. The Morgan fingerprint density at radius 3 is 2.73 bits per heavy atom. The van der Waals surface area contributed by atoms with Gasteiger partial charge >= 0.3 is 0 Å². The highest BCUT2D eigenvalue weighted by Crippen LogP contribution is 2.46. The molecule has 0 aromatic carbocycles. The molecule has 0 aromatic heterocycles. The molecule has 0 saturated heterocycles. The SMILES string of the molecule is O=C1C=CCCC1=C1N=C(C2=CC3CCC=CC3C3C=CC=CC23)CC(OC2CCCC2)N1. The zero-order chi connectivity index (χ0) is 22.2. The number of ether oxygens (including phenoxy) is 1. The van der Waals surface area contributed by atoms with E-state index in [4.69, 9.17) is 9.73 Å². The largest absolute Gasteiger partial charge is 0.355 e. The first kappa shape index (κ1) is 21.1. The van der Waals surface area contributed by atoms with Crippen LogP contribution >= 0.6 is 0 Å². The molecule has 0 bridgehead atoms. The Kier molecular flexibility index (Phi) is 5.79. The minimum absolute atomic E-state index is 0.0850. The monoisotopic (exact) mass is 442 g/mol. The van der Waals surface area contributed by atoms with Crippen molar-refractivity contribution in [1.29, 1.82) is 0 Å². The van der Waals surface area contributed by atoms with E-state index in [1.54, 1.807) is 6.08 Å². The summed E-state index contributed by atoms with van der Waals surface area (Å²) in [6.45, 7) is 0. The van der Waals surface area contributed by atoms with Gasteiger partial charge < -0.3 is 10.1 Å². The van der Waals surface area contributed by atoms with Gasteiger partial charge in [0.25, 0.3) is 0 Å². The van der Waals surface area contributed by atoms with Gasteiger partial charge in [0, 0.05) is 17.9 Å². The standard InChI is InChI=1S/C29H34N2O2/c32-27-16-8-7-15-24(27)29-30-26(18-28(31-29)33-20-10-2-3-11-20)25-17-19-9-1-4-12-21(19)22-13-5-6-14-23(22)25/h4-6,8,12-14,16-17,19-23,28,31H,1-3,7,9-11,15,18H2. The summed E-state index contributed by atoms with van der Waals surface area (Å²) in [5.41, 5.74) is 3.28. The van der Waals surface area contributed by atoms with Gasteiger partial charge in [-0.1, -0.05) is 61.4 Å². The Balaban J connectivity index is 1.39. The lowest BCUT2D eigenvalue weighted by molar-refractivity contribution is -0.111. The number of carbonyl (C=O) groups excluding carboxylic acids is 1. The first-order chi connectivity index (χ1) is 16.3. The van der Waals surface area contributed by atoms with E-state index in [0.29, 0.717) is 29.8 Å². The molecule has 172 valence electrons. The van der Waals surface area contributed by atoms with E-state index in [0.717, 1.165) is 55.6 Å². The average molecular weight is 443 g/mol. The summed E-state index contributed by atoms with van der Waals surface area (Å²) in [5.74, 6) is 2.79. The maximum absolute atomic E-state index is 12.7. The van der Waals surface area contributed by atoms with E-state index in [2.05, 4.69) is 47.8 Å². The van der Waals surface area contributed by atoms with Crippen molar-refractivity contribution < 1.29 is 9.53 Å². The second kappa shape index (κ2) is 9.06. The molecule has 0 spiro atoms. The van der Waals surface area contributed by atoms with Crippen molar-refractivity contribution in [3.8, 4) is 0 Å². The van der Waals surface area contributed by atoms with Crippen molar-refractivity contribution in [2.24, 2.45) is 28.7 Å². The molecule has 5 atom stereocenters. The Morgan fingerprint density at radius 1 is 0.970 bits per heavy atom. The molecular weight excluding hydrogens is 408 g/mol. The fraction of sp³-hybridized carbons (Fsp3) is 0.517. The highest BCUT2D eigenvalue weighted by molar-refractivity contribution is 6.07. The third kappa shape index (κ3) is 4.14. The van der Waals surface area contributed by atoms with Crippen molar-refractivity contribution >= 4 is 11.5 Å². The number of carbonyl (C=O) groups is 1. The van der Waals surface area contributed by atoms with E-state index in [9.17, 15) is 4.79 Å². The summed E-state index contributed by atoms with van der Waals surface area (Å²) in [4.78, 5) is 17.8. The molecule has 4 heteroatoms. The Bertz CT molecular complexity index is 1020. The van der Waals surface area contributed by atoms with Crippen LogP contribution in [0.2, 0.25) is 0 Å². The number of fused-ring (bicyclic) bond motifs is 3. The maximum Gasteiger partial charge on any atom is 0.185 e. The molecule has 4 nitrogen and oxygen atoms in total. The smallest absolute Gasteiger partial charge is 0.185 e. The number of rotatable bonds is 3. The number of nitrogens with zero attached hydrogens (tertiary/aromatic N) is 1. The number of hydrogen-bond donors (Lipinski definition) is 1. The van der Waals surface area contributed by atoms with E-state index in [-0.39, 0.29) is 12.0 Å². The van der Waals surface area contributed by atoms with Gasteiger partial charge in [-0.25, -0.2) is 4.99 Å². The number of hydrogen-bond acceptors (Lipinski definition) is 4. The second-order valence-corrected chi connectivity index (χ2v) is 10.3. The topological polar surface area (TPSA) is 50.7 Å². The van der Waals surface area contributed by atoms with Crippen molar-refractivity contribution in [1.82, 2.24) is 5.32 Å². The fourth-order valence-corrected chi connectivity index (χ4v) is 6.56. The first-order valence-electron chi connectivity index (χ1n) is 12.9. The highest BCUT2D eigenvalue weighted by atomic mass is 16.5. The minimum Gasteiger partial charge on any atom is -0.355 e. The zero-order valence-corrected chi connectivity index (χ0v) is 19.3. The number of allylic oxidation sites excluding steroid dienone is 11. The third-order valence-electron chi connectivity index (χ3n) is 8.22. The molecular formula is C29H34N2O2. The molecule has 1 fully saturated rings. The summed E-state index contributed by atoms with van der Waals surface area (Å²) in [7, 11) is 0. The third-order valence-corrected chi connectivity index (χ3v) is 8.22. The summed E-state index contributed by atoms with van der Waals surface area (Å²) in [6.07, 6.45) is 29.9. The lowest BCUT2D eigenvalue weighted by atomic mass is 9.62. The predicted octanol–water partition coefficient (Wildman–Crippen LogP) is 5.72. The molecule has 5 unspecified atom stereocenters. The van der Waals surface area contributed by atoms with Crippen LogP contribution in [0, 0.1) is 23.7 Å². The van der Waals surface area contributed by atoms with E-state index < -0.39 is 0 Å². The molecule has 6 aliphatic rings. The van der Waals surface area contributed by atoms with Crippen molar-refractivity contribution in [3.05, 3.63) is 71.7 Å². The summed E-state index contributed by atoms with van der Waals surface area (Å²) < 4.78 is 6.55. The Morgan fingerprint density at radius 2 is 1.85 bits per heavy atom. The van der Waals surface area contributed by atoms with Crippen LogP contribution in [0.15, 0.2) is 76.6 Å². The van der Waals surface area contributed by atoms with Gasteiger partial charge in [0.1, 0.15) is 12.0 Å². The number of ketones is 1. The van der Waals surface area contributed by atoms with Gasteiger partial charge in [0.15, 0.2) is 5.78 Å².